The zero-order valence-corrected chi connectivity index (χ0v) is 12.6. The number of carbonyl (C=O) groups excluding carboxylic acids is 2. The van der Waals surface area contributed by atoms with Crippen LogP contribution in [0.3, 0.4) is 0 Å². The van der Waals surface area contributed by atoms with E-state index < -0.39 is 0 Å². The summed E-state index contributed by atoms with van der Waals surface area (Å²) < 4.78 is 1.74. The van der Waals surface area contributed by atoms with Gasteiger partial charge in [0.1, 0.15) is 0 Å². The van der Waals surface area contributed by atoms with Crippen molar-refractivity contribution >= 4 is 11.8 Å². The van der Waals surface area contributed by atoms with E-state index in [1.807, 2.05) is 9.80 Å². The zero-order valence-electron chi connectivity index (χ0n) is 12.6. The first kappa shape index (κ1) is 13.7. The monoisotopic (exact) mass is 303 g/mol. The molecule has 7 heteroatoms. The molecule has 0 radical (unpaired) electrons. The summed E-state index contributed by atoms with van der Waals surface area (Å²) in [5.41, 5.74) is 0.422. The Bertz CT molecular complexity index is 583. The highest BCUT2D eigenvalue weighted by molar-refractivity contribution is 5.92. The van der Waals surface area contributed by atoms with Crippen LogP contribution >= 0.6 is 0 Å². The van der Waals surface area contributed by atoms with Crippen molar-refractivity contribution in [1.29, 1.82) is 0 Å². The molecule has 0 unspecified atom stereocenters. The molecular formula is C15H21N5O2. The SMILES string of the molecule is O=C(c1cn(C2CN(C(=O)C3CCC3)C2)nn1)N1CCCC1. The van der Waals surface area contributed by atoms with E-state index >= 15 is 0 Å². The first-order valence-electron chi connectivity index (χ1n) is 8.22. The number of rotatable bonds is 3. The van der Waals surface area contributed by atoms with Gasteiger partial charge in [-0.1, -0.05) is 11.6 Å². The van der Waals surface area contributed by atoms with Crippen LogP contribution in [-0.4, -0.2) is 62.8 Å². The van der Waals surface area contributed by atoms with Crippen LogP contribution in [0.1, 0.15) is 48.6 Å². The van der Waals surface area contributed by atoms with Crippen molar-refractivity contribution in [2.24, 2.45) is 5.92 Å². The Morgan fingerprint density at radius 3 is 2.41 bits per heavy atom. The lowest BCUT2D eigenvalue weighted by Gasteiger charge is -2.42. The van der Waals surface area contributed by atoms with Gasteiger partial charge in [-0.15, -0.1) is 5.10 Å². The molecule has 1 aromatic rings. The van der Waals surface area contributed by atoms with E-state index in [-0.39, 0.29) is 23.8 Å². The van der Waals surface area contributed by atoms with Gasteiger partial charge in [-0.25, -0.2) is 4.68 Å². The summed E-state index contributed by atoms with van der Waals surface area (Å²) >= 11 is 0. The number of hydrogen-bond acceptors (Lipinski definition) is 4. The Morgan fingerprint density at radius 1 is 1.05 bits per heavy atom. The number of nitrogens with zero attached hydrogens (tertiary/aromatic N) is 5. The lowest BCUT2D eigenvalue weighted by molar-refractivity contribution is -0.144. The highest BCUT2D eigenvalue weighted by atomic mass is 16.2. The molecule has 3 aliphatic rings. The van der Waals surface area contributed by atoms with Crippen molar-refractivity contribution in [2.75, 3.05) is 26.2 Å². The highest BCUT2D eigenvalue weighted by Crippen LogP contribution is 2.31. The maximum atomic E-state index is 12.2. The van der Waals surface area contributed by atoms with E-state index in [2.05, 4.69) is 10.3 Å². The smallest absolute Gasteiger partial charge is 0.276 e. The van der Waals surface area contributed by atoms with Crippen molar-refractivity contribution in [2.45, 2.75) is 38.1 Å². The second-order valence-electron chi connectivity index (χ2n) is 6.61. The van der Waals surface area contributed by atoms with E-state index in [0.717, 1.165) is 38.8 Å². The Kier molecular flexibility index (Phi) is 3.35. The summed E-state index contributed by atoms with van der Waals surface area (Å²) in [6.07, 6.45) is 7.13. The summed E-state index contributed by atoms with van der Waals surface area (Å²) in [4.78, 5) is 28.1. The van der Waals surface area contributed by atoms with Crippen LogP contribution < -0.4 is 0 Å². The fraction of sp³-hybridized carbons (Fsp3) is 0.733. The summed E-state index contributed by atoms with van der Waals surface area (Å²) in [6.45, 7) is 3.02. The lowest BCUT2D eigenvalue weighted by atomic mass is 9.83. The van der Waals surface area contributed by atoms with Crippen LogP contribution in [0.15, 0.2) is 6.20 Å². The van der Waals surface area contributed by atoms with E-state index in [1.54, 1.807) is 10.9 Å². The molecule has 1 aliphatic carbocycles. The van der Waals surface area contributed by atoms with Gasteiger partial charge in [0.15, 0.2) is 5.69 Å². The number of amides is 2. The van der Waals surface area contributed by atoms with Crippen molar-refractivity contribution in [3.05, 3.63) is 11.9 Å². The second-order valence-corrected chi connectivity index (χ2v) is 6.61. The van der Waals surface area contributed by atoms with Gasteiger partial charge in [-0.05, 0) is 25.7 Å². The third-order valence-electron chi connectivity index (χ3n) is 5.13. The quantitative estimate of drug-likeness (QED) is 0.824. The summed E-state index contributed by atoms with van der Waals surface area (Å²) in [5, 5.41) is 8.10. The minimum atomic E-state index is -0.0227. The van der Waals surface area contributed by atoms with Crippen molar-refractivity contribution in [3.8, 4) is 0 Å². The molecule has 2 aliphatic heterocycles. The molecule has 4 rings (SSSR count). The number of hydrogen-bond donors (Lipinski definition) is 0. The topological polar surface area (TPSA) is 71.3 Å². The predicted octanol–water partition coefficient (Wildman–Crippen LogP) is 0.698. The predicted molar refractivity (Wildman–Crippen MR) is 78.1 cm³/mol. The largest absolute Gasteiger partial charge is 0.338 e. The lowest BCUT2D eigenvalue weighted by Crippen LogP contribution is -2.53. The van der Waals surface area contributed by atoms with Crippen LogP contribution in [0, 0.1) is 5.92 Å². The highest BCUT2D eigenvalue weighted by Gasteiger charge is 2.38. The first-order chi connectivity index (χ1) is 10.7. The van der Waals surface area contributed by atoms with Gasteiger partial charge >= 0.3 is 0 Å². The van der Waals surface area contributed by atoms with Gasteiger partial charge < -0.3 is 9.80 Å². The van der Waals surface area contributed by atoms with E-state index in [0.29, 0.717) is 18.8 Å². The molecule has 3 heterocycles. The minimum Gasteiger partial charge on any atom is -0.338 e. The van der Waals surface area contributed by atoms with E-state index in [4.69, 9.17) is 0 Å². The molecule has 118 valence electrons. The summed E-state index contributed by atoms with van der Waals surface area (Å²) in [7, 11) is 0. The molecule has 0 spiro atoms. The molecule has 7 nitrogen and oxygen atoms in total. The standard InChI is InChI=1S/C15H21N5O2/c21-14(11-4-3-5-11)19-8-12(9-19)20-10-13(16-17-20)15(22)18-6-1-2-7-18/h10-12H,1-9H2. The van der Waals surface area contributed by atoms with Crippen molar-refractivity contribution in [3.63, 3.8) is 0 Å². The average molecular weight is 303 g/mol. The first-order valence-corrected chi connectivity index (χ1v) is 8.22. The number of aromatic nitrogens is 3. The molecule has 0 N–H and O–H groups in total. The number of likely N-dealkylation sites (tertiary alicyclic amines) is 2. The molecule has 1 aromatic heterocycles. The van der Waals surface area contributed by atoms with E-state index in [1.165, 1.54) is 6.42 Å². The van der Waals surface area contributed by atoms with Crippen LogP contribution in [0.2, 0.25) is 0 Å². The fourth-order valence-electron chi connectivity index (χ4n) is 3.35. The molecule has 0 atom stereocenters. The van der Waals surface area contributed by atoms with Gasteiger partial charge in [0.2, 0.25) is 5.91 Å². The molecular weight excluding hydrogens is 282 g/mol. The second kappa shape index (κ2) is 5.37. The van der Waals surface area contributed by atoms with Gasteiger partial charge in [0.05, 0.1) is 12.2 Å². The van der Waals surface area contributed by atoms with Gasteiger partial charge in [-0.2, -0.15) is 0 Å². The molecule has 0 bridgehead atoms. The van der Waals surface area contributed by atoms with Gasteiger partial charge in [0.25, 0.3) is 5.91 Å². The molecule has 22 heavy (non-hydrogen) atoms. The minimum absolute atomic E-state index is 0.0227. The summed E-state index contributed by atoms with van der Waals surface area (Å²) in [6, 6.07) is 0.164. The molecule has 0 aromatic carbocycles. The van der Waals surface area contributed by atoms with Crippen LogP contribution in [0.25, 0.3) is 0 Å². The molecule has 1 saturated carbocycles. The Balaban J connectivity index is 1.34. The zero-order chi connectivity index (χ0) is 15.1. The van der Waals surface area contributed by atoms with Gasteiger partial charge in [0, 0.05) is 32.1 Å². The van der Waals surface area contributed by atoms with E-state index in [9.17, 15) is 9.59 Å². The van der Waals surface area contributed by atoms with Gasteiger partial charge in [-0.3, -0.25) is 9.59 Å². The Hall–Kier alpha value is -1.92. The van der Waals surface area contributed by atoms with Crippen molar-refractivity contribution in [1.82, 2.24) is 24.8 Å². The third kappa shape index (κ3) is 2.28. The molecule has 3 fully saturated rings. The normalized spacial score (nSPS) is 22.5. The maximum absolute atomic E-state index is 12.2. The maximum Gasteiger partial charge on any atom is 0.276 e. The Morgan fingerprint density at radius 2 is 1.77 bits per heavy atom. The van der Waals surface area contributed by atoms with Crippen molar-refractivity contribution < 1.29 is 9.59 Å². The fourth-order valence-corrected chi connectivity index (χ4v) is 3.35. The number of carbonyl (C=O) groups is 2. The Labute approximate surface area is 129 Å². The van der Waals surface area contributed by atoms with Crippen LogP contribution in [0.5, 0.6) is 0 Å². The summed E-state index contributed by atoms with van der Waals surface area (Å²) in [5.74, 6) is 0.519. The average Bonchev–Trinajstić information content (AvgIpc) is 3.05. The molecule has 2 saturated heterocycles. The third-order valence-corrected chi connectivity index (χ3v) is 5.13. The van der Waals surface area contributed by atoms with Crippen LogP contribution in [-0.2, 0) is 4.79 Å². The van der Waals surface area contributed by atoms with Crippen LogP contribution in [0.4, 0.5) is 0 Å². The molecule has 2 amide bonds.